The van der Waals surface area contributed by atoms with Gasteiger partial charge < -0.3 is 19.9 Å². The molecule has 22 heavy (non-hydrogen) atoms. The van der Waals surface area contributed by atoms with Crippen LogP contribution in [-0.2, 0) is 4.74 Å². The third-order valence-electron chi connectivity index (χ3n) is 3.81. The second kappa shape index (κ2) is 7.45. The first-order chi connectivity index (χ1) is 10.5. The van der Waals surface area contributed by atoms with Crippen molar-refractivity contribution in [1.82, 2.24) is 9.80 Å². The molecule has 0 saturated carbocycles. The van der Waals surface area contributed by atoms with Gasteiger partial charge in [-0.3, -0.25) is 0 Å². The van der Waals surface area contributed by atoms with Crippen LogP contribution in [0.3, 0.4) is 0 Å². The van der Waals surface area contributed by atoms with E-state index in [1.54, 1.807) is 4.90 Å². The summed E-state index contributed by atoms with van der Waals surface area (Å²) in [4.78, 5) is 15.5. The number of ether oxygens (including phenoxy) is 1. The van der Waals surface area contributed by atoms with Gasteiger partial charge in [0.15, 0.2) is 5.11 Å². The molecular formula is C16H23N3O2S. The first-order valence-electron chi connectivity index (χ1n) is 7.56. The molecule has 2 rings (SSSR count). The molecule has 0 aliphatic carbocycles. The highest BCUT2D eigenvalue weighted by atomic mass is 32.1. The Balaban J connectivity index is 1.92. The lowest BCUT2D eigenvalue weighted by atomic mass is 10.1. The molecule has 120 valence electrons. The van der Waals surface area contributed by atoms with Gasteiger partial charge in [-0.25, -0.2) is 4.79 Å². The first-order valence-corrected chi connectivity index (χ1v) is 7.97. The van der Waals surface area contributed by atoms with Crippen LogP contribution in [0.1, 0.15) is 18.1 Å². The van der Waals surface area contributed by atoms with Crippen molar-refractivity contribution in [2.75, 3.05) is 38.1 Å². The fourth-order valence-corrected chi connectivity index (χ4v) is 2.79. The van der Waals surface area contributed by atoms with E-state index in [0.717, 1.165) is 18.8 Å². The molecule has 0 unspecified atom stereocenters. The zero-order valence-electron chi connectivity index (χ0n) is 13.4. The molecule has 1 saturated heterocycles. The van der Waals surface area contributed by atoms with Crippen LogP contribution >= 0.6 is 12.2 Å². The van der Waals surface area contributed by atoms with E-state index in [4.69, 9.17) is 17.0 Å². The van der Waals surface area contributed by atoms with E-state index in [1.165, 1.54) is 11.1 Å². The number of para-hydroxylation sites is 1. The lowest BCUT2D eigenvalue weighted by Crippen LogP contribution is -2.51. The van der Waals surface area contributed by atoms with Gasteiger partial charge in [0.05, 0.1) is 6.61 Å². The fraction of sp³-hybridized carbons (Fsp3) is 0.500. The minimum Gasteiger partial charge on any atom is -0.450 e. The van der Waals surface area contributed by atoms with Crippen LogP contribution < -0.4 is 5.32 Å². The highest BCUT2D eigenvalue weighted by Gasteiger charge is 2.23. The van der Waals surface area contributed by atoms with E-state index in [1.807, 2.05) is 13.0 Å². The van der Waals surface area contributed by atoms with Crippen LogP contribution in [0, 0.1) is 13.8 Å². The number of nitrogens with zero attached hydrogens (tertiary/aromatic N) is 2. The SMILES string of the molecule is CCOC(=O)N1CCN(C(=S)Nc2c(C)cccc2C)CC1. The van der Waals surface area contributed by atoms with Crippen LogP contribution in [0.5, 0.6) is 0 Å². The predicted molar refractivity (Wildman–Crippen MR) is 92.3 cm³/mol. The van der Waals surface area contributed by atoms with Gasteiger partial charge in [-0.1, -0.05) is 18.2 Å². The molecule has 1 aliphatic rings. The molecule has 0 spiro atoms. The maximum atomic E-state index is 11.7. The van der Waals surface area contributed by atoms with E-state index in [9.17, 15) is 4.79 Å². The molecule has 1 heterocycles. The summed E-state index contributed by atoms with van der Waals surface area (Å²) in [5.41, 5.74) is 3.42. The van der Waals surface area contributed by atoms with Crippen molar-refractivity contribution in [3.8, 4) is 0 Å². The standard InChI is InChI=1S/C16H23N3O2S/c1-4-21-16(20)19-10-8-18(9-11-19)15(22)17-14-12(2)6-5-7-13(14)3/h5-7H,4,8-11H2,1-3H3,(H,17,22). The minimum atomic E-state index is -0.240. The molecule has 0 atom stereocenters. The van der Waals surface area contributed by atoms with Crippen molar-refractivity contribution in [1.29, 1.82) is 0 Å². The molecule has 0 radical (unpaired) electrons. The summed E-state index contributed by atoms with van der Waals surface area (Å²) in [7, 11) is 0. The second-order valence-corrected chi connectivity index (χ2v) is 5.76. The summed E-state index contributed by atoms with van der Waals surface area (Å²) in [6.07, 6.45) is -0.240. The molecule has 1 aromatic rings. The van der Waals surface area contributed by atoms with Gasteiger partial charge >= 0.3 is 6.09 Å². The monoisotopic (exact) mass is 321 g/mol. The number of benzene rings is 1. The minimum absolute atomic E-state index is 0.240. The molecule has 6 heteroatoms. The molecule has 1 fully saturated rings. The van der Waals surface area contributed by atoms with Crippen LogP contribution in [0.25, 0.3) is 0 Å². The fourth-order valence-electron chi connectivity index (χ4n) is 2.50. The molecule has 1 amide bonds. The molecule has 1 aromatic carbocycles. The Morgan fingerprint density at radius 2 is 1.73 bits per heavy atom. The van der Waals surface area contributed by atoms with Gasteiger partial charge in [-0.05, 0) is 44.1 Å². The number of thiocarbonyl (C=S) groups is 1. The Hall–Kier alpha value is -1.82. The van der Waals surface area contributed by atoms with E-state index >= 15 is 0 Å². The van der Waals surface area contributed by atoms with Gasteiger partial charge in [0.2, 0.25) is 0 Å². The third-order valence-corrected chi connectivity index (χ3v) is 4.17. The third kappa shape index (κ3) is 3.88. The predicted octanol–water partition coefficient (Wildman–Crippen LogP) is 2.77. The number of aryl methyl sites for hydroxylation is 2. The van der Waals surface area contributed by atoms with Gasteiger partial charge in [0, 0.05) is 31.9 Å². The molecule has 0 aromatic heterocycles. The largest absolute Gasteiger partial charge is 0.450 e. The van der Waals surface area contributed by atoms with Gasteiger partial charge in [0.25, 0.3) is 0 Å². The van der Waals surface area contributed by atoms with Crippen molar-refractivity contribution in [3.05, 3.63) is 29.3 Å². The van der Waals surface area contributed by atoms with E-state index in [2.05, 4.69) is 36.2 Å². The van der Waals surface area contributed by atoms with Gasteiger partial charge in [0.1, 0.15) is 0 Å². The van der Waals surface area contributed by atoms with Crippen LogP contribution in [0.15, 0.2) is 18.2 Å². The van der Waals surface area contributed by atoms with Crippen molar-refractivity contribution >= 4 is 29.1 Å². The zero-order valence-corrected chi connectivity index (χ0v) is 14.2. The number of amides is 1. The lowest BCUT2D eigenvalue weighted by molar-refractivity contribution is 0.0923. The maximum Gasteiger partial charge on any atom is 0.409 e. The van der Waals surface area contributed by atoms with Crippen molar-refractivity contribution in [2.45, 2.75) is 20.8 Å². The average Bonchev–Trinajstić information content (AvgIpc) is 2.51. The summed E-state index contributed by atoms with van der Waals surface area (Å²) in [5, 5.41) is 4.05. The molecule has 5 nitrogen and oxygen atoms in total. The summed E-state index contributed by atoms with van der Waals surface area (Å²) < 4.78 is 5.02. The van der Waals surface area contributed by atoms with Crippen LogP contribution in [0.2, 0.25) is 0 Å². The van der Waals surface area contributed by atoms with Crippen molar-refractivity contribution in [2.24, 2.45) is 0 Å². The number of hydrogen-bond donors (Lipinski definition) is 1. The average molecular weight is 321 g/mol. The van der Waals surface area contributed by atoms with Crippen LogP contribution in [-0.4, -0.2) is 53.8 Å². The van der Waals surface area contributed by atoms with Crippen molar-refractivity contribution < 1.29 is 9.53 Å². The topological polar surface area (TPSA) is 44.8 Å². The zero-order chi connectivity index (χ0) is 16.1. The Kier molecular flexibility index (Phi) is 5.60. The van der Waals surface area contributed by atoms with Gasteiger partial charge in [-0.15, -0.1) is 0 Å². The number of anilines is 1. The number of carbonyl (C=O) groups excluding carboxylic acids is 1. The maximum absolute atomic E-state index is 11.7. The summed E-state index contributed by atoms with van der Waals surface area (Å²) in [5.74, 6) is 0. The van der Waals surface area contributed by atoms with Gasteiger partial charge in [-0.2, -0.15) is 0 Å². The number of nitrogens with one attached hydrogen (secondary N) is 1. The quantitative estimate of drug-likeness (QED) is 0.849. The van der Waals surface area contributed by atoms with Crippen LogP contribution in [0.4, 0.5) is 10.5 Å². The summed E-state index contributed by atoms with van der Waals surface area (Å²) in [6.45, 7) is 9.06. The normalized spacial score (nSPS) is 14.7. The molecular weight excluding hydrogens is 298 g/mol. The number of hydrogen-bond acceptors (Lipinski definition) is 3. The lowest BCUT2D eigenvalue weighted by Gasteiger charge is -2.35. The van der Waals surface area contributed by atoms with E-state index in [0.29, 0.717) is 24.8 Å². The smallest absolute Gasteiger partial charge is 0.409 e. The Bertz CT molecular complexity index is 534. The Morgan fingerprint density at radius 1 is 1.18 bits per heavy atom. The molecule has 1 N–H and O–H groups in total. The van der Waals surface area contributed by atoms with Crippen molar-refractivity contribution in [3.63, 3.8) is 0 Å². The first kappa shape index (κ1) is 16.5. The molecule has 1 aliphatic heterocycles. The number of rotatable bonds is 2. The Labute approximate surface area is 137 Å². The molecule has 0 bridgehead atoms. The summed E-state index contributed by atoms with van der Waals surface area (Å²) >= 11 is 5.51. The highest BCUT2D eigenvalue weighted by molar-refractivity contribution is 7.80. The highest BCUT2D eigenvalue weighted by Crippen LogP contribution is 2.20. The Morgan fingerprint density at radius 3 is 2.27 bits per heavy atom. The number of piperazine rings is 1. The van der Waals surface area contributed by atoms with E-state index < -0.39 is 0 Å². The van der Waals surface area contributed by atoms with E-state index in [-0.39, 0.29) is 6.09 Å². The second-order valence-electron chi connectivity index (χ2n) is 5.37. The number of carbonyl (C=O) groups is 1. The summed E-state index contributed by atoms with van der Waals surface area (Å²) in [6, 6.07) is 6.17.